The van der Waals surface area contributed by atoms with Gasteiger partial charge in [0.25, 0.3) is 5.91 Å². The van der Waals surface area contributed by atoms with Gasteiger partial charge in [-0.2, -0.15) is 5.26 Å². The Kier molecular flexibility index (Phi) is 5.69. The molecule has 0 radical (unpaired) electrons. The third-order valence-electron chi connectivity index (χ3n) is 3.65. The van der Waals surface area contributed by atoms with Gasteiger partial charge in [0.05, 0.1) is 11.6 Å². The summed E-state index contributed by atoms with van der Waals surface area (Å²) in [4.78, 5) is 25.6. The second-order valence-electron chi connectivity index (χ2n) is 5.48. The molecule has 122 valence electrons. The molecule has 0 aliphatic heterocycles. The molecule has 5 heteroatoms. The van der Waals surface area contributed by atoms with E-state index in [-0.39, 0.29) is 5.91 Å². The van der Waals surface area contributed by atoms with Gasteiger partial charge in [-0.25, -0.2) is 0 Å². The lowest BCUT2D eigenvalue weighted by molar-refractivity contribution is 0.0742. The first-order chi connectivity index (χ1) is 11.5. The normalized spacial score (nSPS) is 10.0. The van der Waals surface area contributed by atoms with E-state index in [4.69, 9.17) is 11.0 Å². The monoisotopic (exact) mass is 321 g/mol. The van der Waals surface area contributed by atoms with Gasteiger partial charge in [-0.05, 0) is 48.4 Å². The predicted molar refractivity (Wildman–Crippen MR) is 91.1 cm³/mol. The van der Waals surface area contributed by atoms with Crippen molar-refractivity contribution in [2.75, 3.05) is 6.54 Å². The number of nitriles is 1. The molecular formula is C19H19N3O2. The van der Waals surface area contributed by atoms with Crippen LogP contribution in [0.15, 0.2) is 48.5 Å². The fourth-order valence-corrected chi connectivity index (χ4v) is 2.39. The molecule has 5 nitrogen and oxygen atoms in total. The Morgan fingerprint density at radius 1 is 1.04 bits per heavy atom. The largest absolute Gasteiger partial charge is 0.366 e. The fourth-order valence-electron chi connectivity index (χ4n) is 2.39. The molecule has 2 aromatic rings. The SMILES string of the molecule is CCCN(Cc1ccc(C#N)cc1)C(=O)c1ccc(C(N)=O)cc1. The highest BCUT2D eigenvalue weighted by Crippen LogP contribution is 2.13. The highest BCUT2D eigenvalue weighted by molar-refractivity contribution is 5.97. The van der Waals surface area contributed by atoms with E-state index in [1.807, 2.05) is 19.1 Å². The van der Waals surface area contributed by atoms with E-state index in [1.165, 1.54) is 0 Å². The van der Waals surface area contributed by atoms with Crippen LogP contribution >= 0.6 is 0 Å². The van der Waals surface area contributed by atoms with Crippen LogP contribution < -0.4 is 5.73 Å². The smallest absolute Gasteiger partial charge is 0.254 e. The summed E-state index contributed by atoms with van der Waals surface area (Å²) < 4.78 is 0. The Bertz CT molecular complexity index is 759. The number of rotatable bonds is 6. The summed E-state index contributed by atoms with van der Waals surface area (Å²) in [6, 6.07) is 15.6. The Balaban J connectivity index is 2.17. The third kappa shape index (κ3) is 4.20. The first kappa shape index (κ1) is 17.2. The van der Waals surface area contributed by atoms with E-state index in [9.17, 15) is 9.59 Å². The van der Waals surface area contributed by atoms with Gasteiger partial charge < -0.3 is 10.6 Å². The molecule has 0 atom stereocenters. The van der Waals surface area contributed by atoms with E-state index in [1.54, 1.807) is 41.3 Å². The Hall–Kier alpha value is -3.13. The summed E-state index contributed by atoms with van der Waals surface area (Å²) in [5.41, 5.74) is 7.66. The molecule has 0 heterocycles. The molecule has 0 aliphatic rings. The van der Waals surface area contributed by atoms with Crippen molar-refractivity contribution in [3.63, 3.8) is 0 Å². The van der Waals surface area contributed by atoms with Crippen molar-refractivity contribution in [1.29, 1.82) is 5.26 Å². The van der Waals surface area contributed by atoms with Crippen LogP contribution in [-0.2, 0) is 6.54 Å². The van der Waals surface area contributed by atoms with Gasteiger partial charge in [-0.3, -0.25) is 9.59 Å². The van der Waals surface area contributed by atoms with Crippen LogP contribution in [0.5, 0.6) is 0 Å². The van der Waals surface area contributed by atoms with Crippen molar-refractivity contribution in [2.24, 2.45) is 5.73 Å². The molecule has 0 aliphatic carbocycles. The summed E-state index contributed by atoms with van der Waals surface area (Å²) in [5.74, 6) is -0.616. The summed E-state index contributed by atoms with van der Waals surface area (Å²) in [6.45, 7) is 3.10. The quantitative estimate of drug-likeness (QED) is 0.887. The molecule has 0 saturated heterocycles. The van der Waals surface area contributed by atoms with Crippen LogP contribution in [0.25, 0.3) is 0 Å². The van der Waals surface area contributed by atoms with Gasteiger partial charge in [0, 0.05) is 24.2 Å². The summed E-state index contributed by atoms with van der Waals surface area (Å²) in [5, 5.41) is 8.85. The number of primary amides is 1. The Morgan fingerprint density at radius 2 is 1.62 bits per heavy atom. The number of benzene rings is 2. The van der Waals surface area contributed by atoms with Crippen LogP contribution in [0, 0.1) is 11.3 Å². The lowest BCUT2D eigenvalue weighted by atomic mass is 10.1. The predicted octanol–water partition coefficient (Wildman–Crippen LogP) is 2.71. The maximum Gasteiger partial charge on any atom is 0.254 e. The number of amides is 2. The van der Waals surface area contributed by atoms with Crippen LogP contribution in [0.4, 0.5) is 0 Å². The van der Waals surface area contributed by atoms with Crippen molar-refractivity contribution in [3.8, 4) is 6.07 Å². The molecule has 24 heavy (non-hydrogen) atoms. The number of nitrogens with zero attached hydrogens (tertiary/aromatic N) is 2. The standard InChI is InChI=1S/C19H19N3O2/c1-2-11-22(13-15-5-3-14(12-20)4-6-15)19(24)17-9-7-16(8-10-17)18(21)23/h3-10H,2,11,13H2,1H3,(H2,21,23). The van der Waals surface area contributed by atoms with Crippen LogP contribution in [0.1, 0.15) is 45.2 Å². The lowest BCUT2D eigenvalue weighted by Crippen LogP contribution is -2.31. The van der Waals surface area contributed by atoms with Crippen molar-refractivity contribution in [3.05, 3.63) is 70.8 Å². The van der Waals surface area contributed by atoms with E-state index in [0.29, 0.717) is 29.8 Å². The minimum Gasteiger partial charge on any atom is -0.366 e. The fraction of sp³-hybridized carbons (Fsp3) is 0.211. The molecule has 0 unspecified atom stereocenters. The maximum atomic E-state index is 12.7. The molecule has 2 rings (SSSR count). The minimum absolute atomic E-state index is 0.0998. The number of nitrogens with two attached hydrogens (primary N) is 1. The highest BCUT2D eigenvalue weighted by Gasteiger charge is 2.16. The summed E-state index contributed by atoms with van der Waals surface area (Å²) in [6.07, 6.45) is 0.835. The van der Waals surface area contributed by atoms with Crippen LogP contribution in [0.2, 0.25) is 0 Å². The number of hydrogen-bond acceptors (Lipinski definition) is 3. The topological polar surface area (TPSA) is 87.2 Å². The average molecular weight is 321 g/mol. The third-order valence-corrected chi connectivity index (χ3v) is 3.65. The van der Waals surface area contributed by atoms with E-state index in [2.05, 4.69) is 6.07 Å². The van der Waals surface area contributed by atoms with Crippen LogP contribution in [0.3, 0.4) is 0 Å². The zero-order valence-corrected chi connectivity index (χ0v) is 13.5. The zero-order chi connectivity index (χ0) is 17.5. The number of carbonyl (C=O) groups is 2. The first-order valence-corrected chi connectivity index (χ1v) is 7.73. The number of hydrogen-bond donors (Lipinski definition) is 1. The summed E-state index contributed by atoms with van der Waals surface area (Å²) >= 11 is 0. The van der Waals surface area contributed by atoms with E-state index >= 15 is 0 Å². The lowest BCUT2D eigenvalue weighted by Gasteiger charge is -2.22. The molecular weight excluding hydrogens is 302 g/mol. The number of carbonyl (C=O) groups excluding carboxylic acids is 2. The highest BCUT2D eigenvalue weighted by atomic mass is 16.2. The van der Waals surface area contributed by atoms with Crippen LogP contribution in [-0.4, -0.2) is 23.3 Å². The van der Waals surface area contributed by atoms with Gasteiger partial charge in [-0.15, -0.1) is 0 Å². The second kappa shape index (κ2) is 7.93. The maximum absolute atomic E-state index is 12.7. The van der Waals surface area contributed by atoms with Gasteiger partial charge in [0.2, 0.25) is 5.91 Å². The second-order valence-corrected chi connectivity index (χ2v) is 5.48. The Labute approximate surface area is 141 Å². The molecule has 0 bridgehead atoms. The molecule has 2 N–H and O–H groups in total. The van der Waals surface area contributed by atoms with Gasteiger partial charge in [-0.1, -0.05) is 19.1 Å². The van der Waals surface area contributed by atoms with Crippen molar-refractivity contribution in [2.45, 2.75) is 19.9 Å². The molecule has 0 saturated carbocycles. The van der Waals surface area contributed by atoms with E-state index in [0.717, 1.165) is 12.0 Å². The molecule has 0 spiro atoms. The Morgan fingerprint density at radius 3 is 2.12 bits per heavy atom. The summed E-state index contributed by atoms with van der Waals surface area (Å²) in [7, 11) is 0. The average Bonchev–Trinajstić information content (AvgIpc) is 2.61. The van der Waals surface area contributed by atoms with Gasteiger partial charge in [0.1, 0.15) is 0 Å². The van der Waals surface area contributed by atoms with Crippen molar-refractivity contribution >= 4 is 11.8 Å². The first-order valence-electron chi connectivity index (χ1n) is 7.73. The van der Waals surface area contributed by atoms with Crippen molar-refractivity contribution < 1.29 is 9.59 Å². The molecule has 0 aromatic heterocycles. The molecule has 2 aromatic carbocycles. The molecule has 0 fully saturated rings. The van der Waals surface area contributed by atoms with Gasteiger partial charge in [0.15, 0.2) is 0 Å². The minimum atomic E-state index is -0.517. The zero-order valence-electron chi connectivity index (χ0n) is 13.5. The molecule has 2 amide bonds. The van der Waals surface area contributed by atoms with E-state index < -0.39 is 5.91 Å². The van der Waals surface area contributed by atoms with Gasteiger partial charge >= 0.3 is 0 Å². The van der Waals surface area contributed by atoms with Crippen molar-refractivity contribution in [1.82, 2.24) is 4.90 Å².